The van der Waals surface area contributed by atoms with Gasteiger partial charge in [-0.15, -0.1) is 5.10 Å². The van der Waals surface area contributed by atoms with Gasteiger partial charge in [0.1, 0.15) is 12.2 Å². The highest BCUT2D eigenvalue weighted by Crippen LogP contribution is 2.22. The average Bonchev–Trinajstić information content (AvgIpc) is 2.96. The first-order chi connectivity index (χ1) is 8.76. The molecule has 2 aromatic rings. The maximum atomic E-state index is 4.34. The third kappa shape index (κ3) is 2.73. The first kappa shape index (κ1) is 13.1. The summed E-state index contributed by atoms with van der Waals surface area (Å²) in [6, 6.07) is 0.199. The van der Waals surface area contributed by atoms with Crippen molar-refractivity contribution in [2.24, 2.45) is 0 Å². The molecule has 0 amide bonds. The van der Waals surface area contributed by atoms with Crippen LogP contribution in [0.4, 0.5) is 0 Å². The molecule has 2 heterocycles. The second kappa shape index (κ2) is 6.01. The predicted molar refractivity (Wildman–Crippen MR) is 70.5 cm³/mol. The molecule has 2 aromatic heterocycles. The third-order valence-electron chi connectivity index (χ3n) is 2.87. The number of hydrogen-bond donors (Lipinski definition) is 1. The largest absolute Gasteiger partial charge is 0.312 e. The van der Waals surface area contributed by atoms with Crippen LogP contribution in [0.25, 0.3) is 0 Å². The molecule has 0 aromatic carbocycles. The van der Waals surface area contributed by atoms with Crippen LogP contribution < -0.4 is 5.32 Å². The van der Waals surface area contributed by atoms with Crippen molar-refractivity contribution in [3.63, 3.8) is 0 Å². The van der Waals surface area contributed by atoms with Gasteiger partial charge in [0.25, 0.3) is 0 Å². The van der Waals surface area contributed by atoms with Gasteiger partial charge in [0.2, 0.25) is 0 Å². The van der Waals surface area contributed by atoms with Crippen LogP contribution in [0.2, 0.25) is 0 Å². The summed E-state index contributed by atoms with van der Waals surface area (Å²) in [5.74, 6) is 1.00. The minimum absolute atomic E-state index is 0.199. The fraction of sp³-hybridized carbons (Fsp3) is 0.636. The molecule has 0 saturated carbocycles. The highest BCUT2D eigenvalue weighted by Gasteiger charge is 2.18. The normalized spacial score (nSPS) is 12.8. The molecule has 1 atom stereocenters. The lowest BCUT2D eigenvalue weighted by atomic mass is 10.1. The van der Waals surface area contributed by atoms with E-state index >= 15 is 0 Å². The van der Waals surface area contributed by atoms with Crippen LogP contribution in [0.3, 0.4) is 0 Å². The molecule has 0 bridgehead atoms. The minimum atomic E-state index is 0.199. The van der Waals surface area contributed by atoms with Gasteiger partial charge in [-0.3, -0.25) is 4.68 Å². The summed E-state index contributed by atoms with van der Waals surface area (Å²) in [6.45, 7) is 5.03. The van der Waals surface area contributed by atoms with Crippen molar-refractivity contribution < 1.29 is 0 Å². The van der Waals surface area contributed by atoms with Crippen molar-refractivity contribution in [2.75, 3.05) is 7.05 Å². The highest BCUT2D eigenvalue weighted by molar-refractivity contribution is 7.05. The van der Waals surface area contributed by atoms with E-state index in [9.17, 15) is 0 Å². The van der Waals surface area contributed by atoms with Gasteiger partial charge in [-0.25, -0.2) is 4.98 Å². The van der Waals surface area contributed by atoms with Crippen LogP contribution in [0.5, 0.6) is 0 Å². The molecule has 0 aliphatic rings. The molecule has 1 N–H and O–H groups in total. The fourth-order valence-electron chi connectivity index (χ4n) is 1.91. The van der Waals surface area contributed by atoms with Crippen molar-refractivity contribution in [3.05, 3.63) is 22.7 Å². The Kier molecular flexibility index (Phi) is 4.38. The molecule has 6 nitrogen and oxygen atoms in total. The van der Waals surface area contributed by atoms with Crippen LogP contribution in [-0.4, -0.2) is 31.4 Å². The molecular formula is C11H18N6S. The Balaban J connectivity index is 2.15. The Labute approximate surface area is 111 Å². The Bertz CT molecular complexity index is 491. The van der Waals surface area contributed by atoms with Gasteiger partial charge in [-0.2, -0.15) is 5.10 Å². The maximum Gasteiger partial charge on any atom is 0.138 e. The standard InChI is InChI=1S/C11H18N6S/c1-4-5-17-10(13-7-14-17)6-9(12-3)11-8(2)15-16-18-11/h7,9,12H,4-6H2,1-3H3. The van der Waals surface area contributed by atoms with Crippen LogP contribution >= 0.6 is 11.5 Å². The molecule has 0 fully saturated rings. The first-order valence-corrected chi connectivity index (χ1v) is 6.86. The molecule has 7 heteroatoms. The molecule has 0 spiro atoms. The van der Waals surface area contributed by atoms with E-state index in [0.29, 0.717) is 0 Å². The van der Waals surface area contributed by atoms with E-state index in [1.807, 2.05) is 18.7 Å². The first-order valence-electron chi connectivity index (χ1n) is 6.09. The van der Waals surface area contributed by atoms with Gasteiger partial charge in [-0.1, -0.05) is 11.4 Å². The SMILES string of the molecule is CCCn1ncnc1CC(NC)c1snnc1C. The molecule has 0 aliphatic carbocycles. The lowest BCUT2D eigenvalue weighted by molar-refractivity contribution is 0.519. The molecule has 1 unspecified atom stereocenters. The number of nitrogens with zero attached hydrogens (tertiary/aromatic N) is 5. The van der Waals surface area contributed by atoms with Crippen molar-refractivity contribution in [1.82, 2.24) is 29.7 Å². The summed E-state index contributed by atoms with van der Waals surface area (Å²) in [6.07, 6.45) is 3.48. The summed E-state index contributed by atoms with van der Waals surface area (Å²) in [7, 11) is 1.95. The number of nitrogens with one attached hydrogen (secondary N) is 1. The predicted octanol–water partition coefficient (Wildman–Crippen LogP) is 1.35. The second-order valence-corrected chi connectivity index (χ2v) is 4.95. The van der Waals surface area contributed by atoms with E-state index in [-0.39, 0.29) is 6.04 Å². The van der Waals surface area contributed by atoms with E-state index in [4.69, 9.17) is 0 Å². The van der Waals surface area contributed by atoms with Gasteiger partial charge < -0.3 is 5.32 Å². The van der Waals surface area contributed by atoms with E-state index in [1.54, 1.807) is 6.33 Å². The Morgan fingerprint density at radius 3 is 2.94 bits per heavy atom. The summed E-state index contributed by atoms with van der Waals surface area (Å²) in [4.78, 5) is 5.51. The Hall–Kier alpha value is -1.34. The quantitative estimate of drug-likeness (QED) is 0.854. The van der Waals surface area contributed by atoms with E-state index in [2.05, 4.69) is 31.9 Å². The van der Waals surface area contributed by atoms with Crippen LogP contribution in [0, 0.1) is 6.92 Å². The van der Waals surface area contributed by atoms with Gasteiger partial charge in [-0.05, 0) is 31.9 Å². The minimum Gasteiger partial charge on any atom is -0.312 e. The molecule has 0 radical (unpaired) electrons. The molecule has 98 valence electrons. The Morgan fingerprint density at radius 1 is 1.50 bits per heavy atom. The molecule has 2 rings (SSSR count). The lowest BCUT2D eigenvalue weighted by Crippen LogP contribution is -2.21. The molecule has 0 saturated heterocycles. The molecular weight excluding hydrogens is 248 g/mol. The van der Waals surface area contributed by atoms with Crippen molar-refractivity contribution >= 4 is 11.5 Å². The lowest BCUT2D eigenvalue weighted by Gasteiger charge is -2.14. The highest BCUT2D eigenvalue weighted by atomic mass is 32.1. The number of aromatic nitrogens is 5. The van der Waals surface area contributed by atoms with E-state index in [0.717, 1.165) is 30.9 Å². The van der Waals surface area contributed by atoms with Crippen molar-refractivity contribution in [3.8, 4) is 0 Å². The van der Waals surface area contributed by atoms with Crippen LogP contribution in [0.15, 0.2) is 6.33 Å². The Morgan fingerprint density at radius 2 is 2.33 bits per heavy atom. The van der Waals surface area contributed by atoms with Gasteiger partial charge >= 0.3 is 0 Å². The van der Waals surface area contributed by atoms with Crippen molar-refractivity contribution in [1.29, 1.82) is 0 Å². The summed E-state index contributed by atoms with van der Waals surface area (Å²) in [5, 5.41) is 11.6. The second-order valence-electron chi connectivity index (χ2n) is 4.17. The van der Waals surface area contributed by atoms with Crippen LogP contribution in [0.1, 0.15) is 35.8 Å². The summed E-state index contributed by atoms with van der Waals surface area (Å²) >= 11 is 1.44. The summed E-state index contributed by atoms with van der Waals surface area (Å²) in [5.41, 5.74) is 0.987. The van der Waals surface area contributed by atoms with Gasteiger partial charge in [0.15, 0.2) is 0 Å². The number of likely N-dealkylation sites (N-methyl/N-ethyl adjacent to an activating group) is 1. The van der Waals surface area contributed by atoms with Crippen molar-refractivity contribution in [2.45, 2.75) is 39.3 Å². The van der Waals surface area contributed by atoms with E-state index < -0.39 is 0 Å². The smallest absolute Gasteiger partial charge is 0.138 e. The zero-order valence-electron chi connectivity index (χ0n) is 10.9. The van der Waals surface area contributed by atoms with Gasteiger partial charge in [0, 0.05) is 13.0 Å². The maximum absolute atomic E-state index is 4.34. The number of rotatable bonds is 6. The summed E-state index contributed by atoms with van der Waals surface area (Å²) < 4.78 is 5.95. The number of hydrogen-bond acceptors (Lipinski definition) is 6. The number of aryl methyl sites for hydroxylation is 2. The monoisotopic (exact) mass is 266 g/mol. The average molecular weight is 266 g/mol. The molecule has 18 heavy (non-hydrogen) atoms. The fourth-order valence-corrected chi connectivity index (χ4v) is 2.66. The topological polar surface area (TPSA) is 68.5 Å². The zero-order valence-corrected chi connectivity index (χ0v) is 11.7. The zero-order chi connectivity index (χ0) is 13.0. The van der Waals surface area contributed by atoms with Crippen LogP contribution in [-0.2, 0) is 13.0 Å². The third-order valence-corrected chi connectivity index (χ3v) is 3.81. The van der Waals surface area contributed by atoms with Gasteiger partial charge in [0.05, 0.1) is 16.6 Å². The molecule has 0 aliphatic heterocycles. The van der Waals surface area contributed by atoms with E-state index in [1.165, 1.54) is 16.4 Å².